The van der Waals surface area contributed by atoms with Crippen molar-refractivity contribution in [3.63, 3.8) is 0 Å². The van der Waals surface area contributed by atoms with Crippen LogP contribution < -0.4 is 11.5 Å². The van der Waals surface area contributed by atoms with Crippen molar-refractivity contribution < 1.29 is 4.79 Å². The zero-order chi connectivity index (χ0) is 8.24. The van der Waals surface area contributed by atoms with Gasteiger partial charge in [0.25, 0.3) is 0 Å². The van der Waals surface area contributed by atoms with Crippen molar-refractivity contribution in [2.24, 2.45) is 16.5 Å². The van der Waals surface area contributed by atoms with E-state index in [-0.39, 0.29) is 0 Å². The van der Waals surface area contributed by atoms with Crippen molar-refractivity contribution in [1.29, 1.82) is 0 Å². The first-order chi connectivity index (χ1) is 4.83. The Morgan fingerprint density at radius 2 is 2.00 bits per heavy atom. The Morgan fingerprint density at radius 1 is 1.50 bits per heavy atom. The number of nitrogens with zero attached hydrogens (tertiary/aromatic N) is 1. The molecule has 0 aromatic rings. The van der Waals surface area contributed by atoms with E-state index in [9.17, 15) is 4.79 Å². The number of isocyanates is 1. The van der Waals surface area contributed by atoms with Crippen molar-refractivity contribution in [3.8, 4) is 0 Å². The van der Waals surface area contributed by atoms with Gasteiger partial charge in [-0.05, 0) is 0 Å². The molecule has 10 heavy (non-hydrogen) atoms. The van der Waals surface area contributed by atoms with Gasteiger partial charge in [-0.15, -0.1) is 6.58 Å². The highest BCUT2D eigenvalue weighted by Crippen LogP contribution is 1.61. The minimum absolute atomic E-state index is 0.378. The molecule has 0 heterocycles. The molecule has 0 unspecified atom stereocenters. The normalized spacial score (nSPS) is 6.60. The van der Waals surface area contributed by atoms with Crippen LogP contribution in [0, 0.1) is 0 Å². The first kappa shape index (κ1) is 11.8. The standard InChI is InChI=1S/C4H5NO.C2H8N2/c1-2-3-5-4-6;3-1-2-4/h2H,1,3H2;1-4H2. The number of rotatable bonds is 3. The van der Waals surface area contributed by atoms with Crippen LogP contribution in [0.4, 0.5) is 0 Å². The molecule has 0 amide bonds. The topological polar surface area (TPSA) is 81.5 Å². The van der Waals surface area contributed by atoms with Gasteiger partial charge in [0.15, 0.2) is 0 Å². The Labute approximate surface area is 60.6 Å². The molecule has 0 bridgehead atoms. The van der Waals surface area contributed by atoms with Gasteiger partial charge in [0.2, 0.25) is 6.08 Å². The molecule has 0 aliphatic heterocycles. The summed E-state index contributed by atoms with van der Waals surface area (Å²) in [5.74, 6) is 0. The molecule has 58 valence electrons. The number of aliphatic imine (C=N–C) groups is 1. The van der Waals surface area contributed by atoms with Gasteiger partial charge < -0.3 is 11.5 Å². The lowest BCUT2D eigenvalue weighted by molar-refractivity contribution is 0.564. The lowest BCUT2D eigenvalue weighted by Gasteiger charge is -1.72. The molecule has 0 aromatic carbocycles. The zero-order valence-corrected chi connectivity index (χ0v) is 5.92. The van der Waals surface area contributed by atoms with E-state index in [0.717, 1.165) is 0 Å². The molecule has 0 fully saturated rings. The molecule has 4 heteroatoms. The third-order valence-electron chi connectivity index (χ3n) is 0.452. The number of hydrogen-bond donors (Lipinski definition) is 2. The molecule has 0 aliphatic rings. The van der Waals surface area contributed by atoms with Gasteiger partial charge in [0.05, 0.1) is 6.54 Å². The Kier molecular flexibility index (Phi) is 18.5. The van der Waals surface area contributed by atoms with Crippen LogP contribution in [0.5, 0.6) is 0 Å². The molecule has 0 rings (SSSR count). The Morgan fingerprint density at radius 3 is 2.10 bits per heavy atom. The SMILES string of the molecule is C=CCN=C=O.NCCN. The summed E-state index contributed by atoms with van der Waals surface area (Å²) in [7, 11) is 0. The number of nitrogens with two attached hydrogens (primary N) is 2. The van der Waals surface area contributed by atoms with Crippen molar-refractivity contribution in [2.45, 2.75) is 0 Å². The van der Waals surface area contributed by atoms with Gasteiger partial charge in [-0.3, -0.25) is 0 Å². The van der Waals surface area contributed by atoms with Crippen molar-refractivity contribution in [3.05, 3.63) is 12.7 Å². The number of carbonyl (C=O) groups excluding carboxylic acids is 1. The largest absolute Gasteiger partial charge is 0.329 e. The average molecular weight is 143 g/mol. The van der Waals surface area contributed by atoms with E-state index in [4.69, 9.17) is 11.5 Å². The van der Waals surface area contributed by atoms with Crippen LogP contribution in [0.25, 0.3) is 0 Å². The molecule has 0 aromatic heterocycles. The molecular formula is C6H13N3O. The van der Waals surface area contributed by atoms with Crippen LogP contribution in [0.2, 0.25) is 0 Å². The van der Waals surface area contributed by atoms with Crippen LogP contribution >= 0.6 is 0 Å². The predicted octanol–water partition coefficient (Wildman–Crippen LogP) is -0.588. The second kappa shape index (κ2) is 15.7. The van der Waals surface area contributed by atoms with Crippen molar-refractivity contribution in [1.82, 2.24) is 0 Å². The third-order valence-corrected chi connectivity index (χ3v) is 0.452. The lowest BCUT2D eigenvalue weighted by Crippen LogP contribution is -2.11. The van der Waals surface area contributed by atoms with Crippen LogP contribution in [0.15, 0.2) is 17.6 Å². The second-order valence-corrected chi connectivity index (χ2v) is 1.30. The molecule has 0 spiro atoms. The van der Waals surface area contributed by atoms with E-state index < -0.39 is 0 Å². The summed E-state index contributed by atoms with van der Waals surface area (Å²) in [4.78, 5) is 12.4. The van der Waals surface area contributed by atoms with Gasteiger partial charge in [0.1, 0.15) is 0 Å². The third kappa shape index (κ3) is 27.8. The van der Waals surface area contributed by atoms with Gasteiger partial charge in [0, 0.05) is 13.1 Å². The van der Waals surface area contributed by atoms with Gasteiger partial charge in [-0.2, -0.15) is 0 Å². The van der Waals surface area contributed by atoms with E-state index in [2.05, 4.69) is 11.6 Å². The highest BCUT2D eigenvalue weighted by Gasteiger charge is 1.58. The maximum atomic E-state index is 9.22. The lowest BCUT2D eigenvalue weighted by atomic mass is 10.7. The van der Waals surface area contributed by atoms with Gasteiger partial charge in [-0.25, -0.2) is 9.79 Å². The Bertz CT molecular complexity index is 106. The number of hydrogen-bond acceptors (Lipinski definition) is 4. The average Bonchev–Trinajstić information content (AvgIpc) is 2.01. The summed E-state index contributed by atoms with van der Waals surface area (Å²) in [6.07, 6.45) is 2.90. The second-order valence-electron chi connectivity index (χ2n) is 1.30. The predicted molar refractivity (Wildman–Crippen MR) is 41.3 cm³/mol. The van der Waals surface area contributed by atoms with Crippen molar-refractivity contribution in [2.75, 3.05) is 19.6 Å². The monoisotopic (exact) mass is 143 g/mol. The Balaban J connectivity index is 0. The minimum Gasteiger partial charge on any atom is -0.329 e. The fourth-order valence-electron chi connectivity index (χ4n) is 0.102. The first-order valence-electron chi connectivity index (χ1n) is 2.88. The fraction of sp³-hybridized carbons (Fsp3) is 0.500. The maximum absolute atomic E-state index is 9.22. The smallest absolute Gasteiger partial charge is 0.235 e. The molecule has 0 saturated heterocycles. The molecule has 0 aliphatic carbocycles. The van der Waals surface area contributed by atoms with Crippen LogP contribution in [0.3, 0.4) is 0 Å². The van der Waals surface area contributed by atoms with Gasteiger partial charge >= 0.3 is 0 Å². The summed E-state index contributed by atoms with van der Waals surface area (Å²) < 4.78 is 0. The summed E-state index contributed by atoms with van der Waals surface area (Å²) >= 11 is 0. The van der Waals surface area contributed by atoms with E-state index in [1.54, 1.807) is 0 Å². The Hall–Kier alpha value is -0.960. The fourth-order valence-corrected chi connectivity index (χ4v) is 0.102. The summed E-state index contributed by atoms with van der Waals surface area (Å²) in [5.41, 5.74) is 9.81. The van der Waals surface area contributed by atoms with E-state index >= 15 is 0 Å². The van der Waals surface area contributed by atoms with Crippen LogP contribution in [-0.4, -0.2) is 25.7 Å². The zero-order valence-electron chi connectivity index (χ0n) is 5.92. The molecule has 0 atom stereocenters. The molecular weight excluding hydrogens is 130 g/mol. The van der Waals surface area contributed by atoms with E-state index in [1.165, 1.54) is 12.2 Å². The summed E-state index contributed by atoms with van der Waals surface area (Å²) in [5, 5.41) is 0. The van der Waals surface area contributed by atoms with Gasteiger partial charge in [-0.1, -0.05) is 6.08 Å². The summed E-state index contributed by atoms with van der Waals surface area (Å²) in [6.45, 7) is 4.90. The summed E-state index contributed by atoms with van der Waals surface area (Å²) in [6, 6.07) is 0. The van der Waals surface area contributed by atoms with Crippen molar-refractivity contribution >= 4 is 6.08 Å². The van der Waals surface area contributed by atoms with E-state index in [1.807, 2.05) is 0 Å². The highest BCUT2D eigenvalue weighted by molar-refractivity contribution is 5.33. The molecule has 0 saturated carbocycles. The maximum Gasteiger partial charge on any atom is 0.235 e. The molecule has 0 radical (unpaired) electrons. The van der Waals surface area contributed by atoms with E-state index in [0.29, 0.717) is 19.6 Å². The highest BCUT2D eigenvalue weighted by atomic mass is 16.1. The van der Waals surface area contributed by atoms with Crippen LogP contribution in [-0.2, 0) is 4.79 Å². The molecule has 4 nitrogen and oxygen atoms in total. The quantitative estimate of drug-likeness (QED) is 0.315. The van der Waals surface area contributed by atoms with Crippen LogP contribution in [0.1, 0.15) is 0 Å². The minimum atomic E-state index is 0.378. The molecule has 4 N–H and O–H groups in total. The first-order valence-corrected chi connectivity index (χ1v) is 2.88.